The lowest BCUT2D eigenvalue weighted by atomic mass is 10.2. The average Bonchev–Trinajstić information content (AvgIpc) is 2.72. The van der Waals surface area contributed by atoms with Crippen molar-refractivity contribution in [1.29, 1.82) is 0 Å². The van der Waals surface area contributed by atoms with Crippen molar-refractivity contribution >= 4 is 10.9 Å². The molecule has 1 aromatic heterocycles. The molecule has 0 spiro atoms. The number of fused-ring (bicyclic) bond motifs is 1. The Hall–Kier alpha value is -2.16. The van der Waals surface area contributed by atoms with Crippen LogP contribution in [0.25, 0.3) is 10.9 Å². The second-order valence-corrected chi connectivity index (χ2v) is 4.28. The van der Waals surface area contributed by atoms with E-state index in [0.717, 1.165) is 16.5 Å². The van der Waals surface area contributed by atoms with Crippen molar-refractivity contribution in [2.24, 2.45) is 0 Å². The minimum Gasteiger partial charge on any atom is -0.343 e. The quantitative estimate of drug-likeness (QED) is 0.642. The minimum atomic E-state index is -0.262. The lowest BCUT2D eigenvalue weighted by Crippen LogP contribution is -1.98. The summed E-state index contributed by atoms with van der Waals surface area (Å²) in [5.41, 5.74) is 1.68. The van der Waals surface area contributed by atoms with E-state index in [2.05, 4.69) is 0 Å². The Labute approximate surface area is 103 Å². The van der Waals surface area contributed by atoms with Crippen molar-refractivity contribution in [3.05, 3.63) is 71.9 Å². The van der Waals surface area contributed by atoms with Crippen LogP contribution in [0.15, 0.2) is 54.7 Å². The van der Waals surface area contributed by atoms with Crippen molar-refractivity contribution in [1.82, 2.24) is 4.57 Å². The Kier molecular flexibility index (Phi) is 2.59. The molecule has 0 saturated heterocycles. The third-order valence-corrected chi connectivity index (χ3v) is 2.98. The van der Waals surface area contributed by atoms with Crippen molar-refractivity contribution in [2.75, 3.05) is 0 Å². The summed E-state index contributed by atoms with van der Waals surface area (Å²) < 4.78 is 28.2. The van der Waals surface area contributed by atoms with Crippen LogP contribution >= 0.6 is 0 Å². The molecule has 0 aliphatic heterocycles. The van der Waals surface area contributed by atoms with E-state index in [-0.39, 0.29) is 11.6 Å². The van der Waals surface area contributed by atoms with Gasteiger partial charge in [0.2, 0.25) is 0 Å². The van der Waals surface area contributed by atoms with Crippen LogP contribution in [0, 0.1) is 11.6 Å². The highest BCUT2D eigenvalue weighted by Crippen LogP contribution is 2.18. The first-order valence-electron chi connectivity index (χ1n) is 5.71. The molecular weight excluding hydrogens is 232 g/mol. The first-order chi connectivity index (χ1) is 8.72. The van der Waals surface area contributed by atoms with Crippen molar-refractivity contribution in [3.63, 3.8) is 0 Å². The molecule has 1 heterocycles. The van der Waals surface area contributed by atoms with Crippen molar-refractivity contribution in [3.8, 4) is 0 Å². The molecule has 0 aliphatic rings. The molecule has 90 valence electrons. The summed E-state index contributed by atoms with van der Waals surface area (Å²) in [6.45, 7) is 0.532. The molecule has 0 N–H and O–H groups in total. The normalized spacial score (nSPS) is 11.0. The van der Waals surface area contributed by atoms with Gasteiger partial charge in [-0.1, -0.05) is 12.1 Å². The molecule has 3 aromatic rings. The number of halogens is 2. The molecule has 0 saturated carbocycles. The standard InChI is InChI=1S/C15H11F2N/c16-13-3-1-2-11(8-13)10-18-7-6-12-4-5-14(17)9-15(12)18/h1-9H,10H2. The molecule has 0 atom stereocenters. The van der Waals surface area contributed by atoms with E-state index < -0.39 is 0 Å². The summed E-state index contributed by atoms with van der Waals surface area (Å²) in [6.07, 6.45) is 1.88. The maximum Gasteiger partial charge on any atom is 0.125 e. The summed E-state index contributed by atoms with van der Waals surface area (Å²) in [7, 11) is 0. The van der Waals surface area contributed by atoms with Crippen LogP contribution in [0.1, 0.15) is 5.56 Å². The summed E-state index contributed by atoms with van der Waals surface area (Å²) >= 11 is 0. The van der Waals surface area contributed by atoms with Gasteiger partial charge < -0.3 is 4.57 Å². The molecule has 0 unspecified atom stereocenters. The number of hydrogen-bond acceptors (Lipinski definition) is 0. The molecule has 3 heteroatoms. The fourth-order valence-electron chi connectivity index (χ4n) is 2.13. The summed E-state index contributed by atoms with van der Waals surface area (Å²) in [4.78, 5) is 0. The van der Waals surface area contributed by atoms with Crippen LogP contribution in [0.4, 0.5) is 8.78 Å². The van der Waals surface area contributed by atoms with Crippen LogP contribution < -0.4 is 0 Å². The number of aromatic nitrogens is 1. The Morgan fingerprint density at radius 2 is 1.72 bits per heavy atom. The maximum atomic E-state index is 13.2. The summed E-state index contributed by atoms with van der Waals surface area (Å²) in [5, 5.41) is 0.979. The molecular formula is C15H11F2N. The molecule has 2 aromatic carbocycles. The topological polar surface area (TPSA) is 4.93 Å². The Bertz CT molecular complexity index is 701. The van der Waals surface area contributed by atoms with Crippen LogP contribution in [0.3, 0.4) is 0 Å². The van der Waals surface area contributed by atoms with Crippen LogP contribution in [-0.4, -0.2) is 4.57 Å². The van der Waals surface area contributed by atoms with Gasteiger partial charge in [-0.3, -0.25) is 0 Å². The fourth-order valence-corrected chi connectivity index (χ4v) is 2.13. The van der Waals surface area contributed by atoms with Gasteiger partial charge in [0.05, 0.1) is 5.52 Å². The van der Waals surface area contributed by atoms with Crippen LogP contribution in [0.2, 0.25) is 0 Å². The SMILES string of the molecule is Fc1cccc(Cn2ccc3ccc(F)cc32)c1. The zero-order chi connectivity index (χ0) is 12.5. The van der Waals surface area contributed by atoms with Crippen molar-refractivity contribution < 1.29 is 8.78 Å². The summed E-state index contributed by atoms with van der Waals surface area (Å²) in [5.74, 6) is -0.517. The molecule has 1 nitrogen and oxygen atoms in total. The Morgan fingerprint density at radius 3 is 2.56 bits per heavy atom. The van der Waals surface area contributed by atoms with Crippen LogP contribution in [0.5, 0.6) is 0 Å². The molecule has 18 heavy (non-hydrogen) atoms. The number of rotatable bonds is 2. The first kappa shape index (κ1) is 11.0. The molecule has 0 aliphatic carbocycles. The second kappa shape index (κ2) is 4.26. The number of benzene rings is 2. The smallest absolute Gasteiger partial charge is 0.125 e. The Balaban J connectivity index is 2.02. The van der Waals surface area contributed by atoms with Gasteiger partial charge >= 0.3 is 0 Å². The highest BCUT2D eigenvalue weighted by Gasteiger charge is 2.03. The van der Waals surface area contributed by atoms with Gasteiger partial charge in [-0.2, -0.15) is 0 Å². The highest BCUT2D eigenvalue weighted by molar-refractivity contribution is 5.80. The second-order valence-electron chi connectivity index (χ2n) is 4.28. The monoisotopic (exact) mass is 243 g/mol. The van der Waals surface area contributed by atoms with E-state index in [9.17, 15) is 8.78 Å². The summed E-state index contributed by atoms with van der Waals surface area (Å²) in [6, 6.07) is 13.0. The van der Waals surface area contributed by atoms with Gasteiger partial charge in [0.1, 0.15) is 11.6 Å². The predicted molar refractivity (Wildman–Crippen MR) is 67.4 cm³/mol. The largest absolute Gasteiger partial charge is 0.343 e. The first-order valence-corrected chi connectivity index (χ1v) is 5.71. The van der Waals surface area contributed by atoms with Crippen LogP contribution in [-0.2, 0) is 6.54 Å². The van der Waals surface area contributed by atoms with E-state index in [0.29, 0.717) is 6.54 Å². The lowest BCUT2D eigenvalue weighted by molar-refractivity contribution is 0.623. The maximum absolute atomic E-state index is 13.2. The van der Waals surface area contributed by atoms with Gasteiger partial charge in [-0.15, -0.1) is 0 Å². The zero-order valence-electron chi connectivity index (χ0n) is 9.61. The fraction of sp³-hybridized carbons (Fsp3) is 0.0667. The average molecular weight is 243 g/mol. The lowest BCUT2D eigenvalue weighted by Gasteiger charge is -2.06. The molecule has 0 amide bonds. The van der Waals surface area contributed by atoms with E-state index in [4.69, 9.17) is 0 Å². The molecule has 0 fully saturated rings. The molecule has 0 radical (unpaired) electrons. The zero-order valence-corrected chi connectivity index (χ0v) is 9.61. The third-order valence-electron chi connectivity index (χ3n) is 2.98. The van der Waals surface area contributed by atoms with Gasteiger partial charge in [0.25, 0.3) is 0 Å². The van der Waals surface area contributed by atoms with E-state index >= 15 is 0 Å². The van der Waals surface area contributed by atoms with Gasteiger partial charge in [0, 0.05) is 12.7 Å². The predicted octanol–water partition coefficient (Wildman–Crippen LogP) is 3.97. The van der Waals surface area contributed by atoms with Gasteiger partial charge in [-0.05, 0) is 47.3 Å². The van der Waals surface area contributed by atoms with E-state index in [1.165, 1.54) is 24.3 Å². The minimum absolute atomic E-state index is 0.254. The Morgan fingerprint density at radius 1 is 0.889 bits per heavy atom. The number of nitrogens with zero attached hydrogens (tertiary/aromatic N) is 1. The third kappa shape index (κ3) is 1.99. The number of hydrogen-bond donors (Lipinski definition) is 0. The molecule has 0 bridgehead atoms. The van der Waals surface area contributed by atoms with E-state index in [1.807, 2.05) is 22.9 Å². The van der Waals surface area contributed by atoms with Crippen molar-refractivity contribution in [2.45, 2.75) is 6.54 Å². The van der Waals surface area contributed by atoms with E-state index in [1.54, 1.807) is 12.1 Å². The van der Waals surface area contributed by atoms with Gasteiger partial charge in [-0.25, -0.2) is 8.78 Å². The highest BCUT2D eigenvalue weighted by atomic mass is 19.1. The molecule has 3 rings (SSSR count). The van der Waals surface area contributed by atoms with Gasteiger partial charge in [0.15, 0.2) is 0 Å².